The van der Waals surface area contributed by atoms with Gasteiger partial charge in [-0.05, 0) is 30.3 Å². The molecule has 0 fully saturated rings. The average Bonchev–Trinajstić information content (AvgIpc) is 2.60. The standard InChI is InChI=1S/C17H17N3O5/c1-19(2)14-5-3-13(4-6-14)18-17(22)11-25-16-8-7-15(20(23)24)9-12(16)10-21/h3-10H,11H2,1-2H3,(H,18,22). The van der Waals surface area contributed by atoms with Crippen LogP contribution in [0.5, 0.6) is 5.75 Å². The van der Waals surface area contributed by atoms with Gasteiger partial charge in [-0.1, -0.05) is 0 Å². The van der Waals surface area contributed by atoms with Gasteiger partial charge in [0.25, 0.3) is 11.6 Å². The topological polar surface area (TPSA) is 102 Å². The number of benzene rings is 2. The number of nitrogens with one attached hydrogen (secondary N) is 1. The van der Waals surface area contributed by atoms with E-state index >= 15 is 0 Å². The zero-order valence-corrected chi connectivity index (χ0v) is 13.8. The fraction of sp³-hybridized carbons (Fsp3) is 0.176. The lowest BCUT2D eigenvalue weighted by molar-refractivity contribution is -0.384. The Bertz CT molecular complexity index is 787. The molecular formula is C17H17N3O5. The van der Waals surface area contributed by atoms with Crippen LogP contribution in [0.3, 0.4) is 0 Å². The molecule has 130 valence electrons. The van der Waals surface area contributed by atoms with Crippen molar-refractivity contribution in [1.29, 1.82) is 0 Å². The Morgan fingerprint density at radius 3 is 2.48 bits per heavy atom. The Kier molecular flexibility index (Phi) is 5.67. The Morgan fingerprint density at radius 1 is 1.24 bits per heavy atom. The number of rotatable bonds is 7. The van der Waals surface area contributed by atoms with E-state index in [2.05, 4.69) is 5.32 Å². The second-order valence-corrected chi connectivity index (χ2v) is 5.38. The molecule has 0 aliphatic heterocycles. The summed E-state index contributed by atoms with van der Waals surface area (Å²) in [6.45, 7) is -0.325. The summed E-state index contributed by atoms with van der Waals surface area (Å²) in [4.78, 5) is 35.0. The third-order valence-electron chi connectivity index (χ3n) is 3.36. The van der Waals surface area contributed by atoms with Gasteiger partial charge in [0, 0.05) is 37.6 Å². The van der Waals surface area contributed by atoms with Crippen LogP contribution in [0.2, 0.25) is 0 Å². The molecule has 0 heterocycles. The zero-order valence-electron chi connectivity index (χ0n) is 13.8. The van der Waals surface area contributed by atoms with Crippen molar-refractivity contribution in [2.24, 2.45) is 0 Å². The monoisotopic (exact) mass is 343 g/mol. The Balaban J connectivity index is 1.97. The second kappa shape index (κ2) is 7.91. The van der Waals surface area contributed by atoms with Crippen LogP contribution >= 0.6 is 0 Å². The molecule has 0 atom stereocenters. The molecule has 2 aromatic carbocycles. The third kappa shape index (κ3) is 4.77. The maximum Gasteiger partial charge on any atom is 0.270 e. The first-order chi connectivity index (χ1) is 11.9. The van der Waals surface area contributed by atoms with E-state index in [0.29, 0.717) is 12.0 Å². The van der Waals surface area contributed by atoms with Crippen molar-refractivity contribution in [3.05, 3.63) is 58.1 Å². The molecular weight excluding hydrogens is 326 g/mol. The van der Waals surface area contributed by atoms with E-state index < -0.39 is 10.8 Å². The second-order valence-electron chi connectivity index (χ2n) is 5.38. The predicted octanol–water partition coefficient (Wildman–Crippen LogP) is 2.49. The van der Waals surface area contributed by atoms with Gasteiger partial charge in [0.15, 0.2) is 12.9 Å². The number of hydrogen-bond acceptors (Lipinski definition) is 6. The summed E-state index contributed by atoms with van der Waals surface area (Å²) in [6, 6.07) is 10.8. The first kappa shape index (κ1) is 17.9. The van der Waals surface area contributed by atoms with Crippen molar-refractivity contribution in [2.75, 3.05) is 30.9 Å². The molecule has 25 heavy (non-hydrogen) atoms. The normalized spacial score (nSPS) is 10.0. The minimum Gasteiger partial charge on any atom is -0.483 e. The SMILES string of the molecule is CN(C)c1ccc(NC(=O)COc2ccc([N+](=O)[O-])cc2C=O)cc1. The molecule has 0 saturated heterocycles. The summed E-state index contributed by atoms with van der Waals surface area (Å²) in [6.07, 6.45) is 0.445. The van der Waals surface area contributed by atoms with Crippen molar-refractivity contribution in [3.63, 3.8) is 0 Å². The molecule has 2 aromatic rings. The highest BCUT2D eigenvalue weighted by atomic mass is 16.6. The van der Waals surface area contributed by atoms with Gasteiger partial charge < -0.3 is 15.0 Å². The molecule has 0 aliphatic carbocycles. The van der Waals surface area contributed by atoms with Gasteiger partial charge in [-0.3, -0.25) is 19.7 Å². The van der Waals surface area contributed by atoms with E-state index in [4.69, 9.17) is 4.74 Å². The van der Waals surface area contributed by atoms with Crippen molar-refractivity contribution in [3.8, 4) is 5.75 Å². The number of nitrogens with zero attached hydrogens (tertiary/aromatic N) is 2. The van der Waals surface area contributed by atoms with Gasteiger partial charge in [-0.15, -0.1) is 0 Å². The first-order valence-corrected chi connectivity index (χ1v) is 7.34. The lowest BCUT2D eigenvalue weighted by atomic mass is 10.2. The smallest absolute Gasteiger partial charge is 0.270 e. The molecule has 1 N–H and O–H groups in total. The lowest BCUT2D eigenvalue weighted by Gasteiger charge is -2.13. The molecule has 1 amide bonds. The number of anilines is 2. The maximum atomic E-state index is 11.9. The van der Waals surface area contributed by atoms with E-state index in [-0.39, 0.29) is 23.6 Å². The van der Waals surface area contributed by atoms with E-state index in [1.165, 1.54) is 12.1 Å². The number of nitro groups is 1. The van der Waals surface area contributed by atoms with Gasteiger partial charge >= 0.3 is 0 Å². The van der Waals surface area contributed by atoms with Gasteiger partial charge in [0.1, 0.15) is 5.75 Å². The van der Waals surface area contributed by atoms with Gasteiger partial charge in [-0.25, -0.2) is 0 Å². The molecule has 8 nitrogen and oxygen atoms in total. The van der Waals surface area contributed by atoms with Crippen molar-refractivity contribution < 1.29 is 19.2 Å². The van der Waals surface area contributed by atoms with Crippen LogP contribution in [-0.2, 0) is 4.79 Å². The fourth-order valence-electron chi connectivity index (χ4n) is 2.06. The van der Waals surface area contributed by atoms with Gasteiger partial charge in [0.05, 0.1) is 10.5 Å². The summed E-state index contributed by atoms with van der Waals surface area (Å²) in [5.41, 5.74) is 1.39. The molecule has 0 radical (unpaired) electrons. The fourth-order valence-corrected chi connectivity index (χ4v) is 2.06. The van der Waals surface area contributed by atoms with Crippen LogP contribution in [0.25, 0.3) is 0 Å². The van der Waals surface area contributed by atoms with Crippen LogP contribution in [0.1, 0.15) is 10.4 Å². The molecule has 0 spiro atoms. The lowest BCUT2D eigenvalue weighted by Crippen LogP contribution is -2.20. The van der Waals surface area contributed by atoms with Gasteiger partial charge in [0.2, 0.25) is 0 Å². The Hall–Kier alpha value is -3.42. The molecule has 0 bridgehead atoms. The van der Waals surface area contributed by atoms with Crippen LogP contribution in [0.4, 0.5) is 17.1 Å². The minimum atomic E-state index is -0.610. The Morgan fingerprint density at radius 2 is 1.92 bits per heavy atom. The largest absolute Gasteiger partial charge is 0.483 e. The third-order valence-corrected chi connectivity index (χ3v) is 3.36. The highest BCUT2D eigenvalue weighted by Crippen LogP contribution is 2.23. The molecule has 0 aliphatic rings. The number of nitro benzene ring substituents is 1. The van der Waals surface area contributed by atoms with Crippen LogP contribution in [0, 0.1) is 10.1 Å². The number of carbonyl (C=O) groups excluding carboxylic acids is 2. The van der Waals surface area contributed by atoms with Crippen LogP contribution in [-0.4, -0.2) is 37.8 Å². The van der Waals surface area contributed by atoms with E-state index in [1.54, 1.807) is 12.1 Å². The van der Waals surface area contributed by atoms with Crippen molar-refractivity contribution in [2.45, 2.75) is 0 Å². The Labute approximate surface area is 144 Å². The molecule has 0 unspecified atom stereocenters. The number of hydrogen-bond donors (Lipinski definition) is 1. The van der Waals surface area contributed by atoms with E-state index in [0.717, 1.165) is 11.8 Å². The number of non-ortho nitro benzene ring substituents is 1. The highest BCUT2D eigenvalue weighted by molar-refractivity contribution is 5.92. The number of amides is 1. The zero-order chi connectivity index (χ0) is 18.4. The summed E-state index contributed by atoms with van der Waals surface area (Å²) in [5, 5.41) is 13.4. The summed E-state index contributed by atoms with van der Waals surface area (Å²) in [5.74, 6) is -0.300. The van der Waals surface area contributed by atoms with Gasteiger partial charge in [-0.2, -0.15) is 0 Å². The van der Waals surface area contributed by atoms with Crippen LogP contribution in [0.15, 0.2) is 42.5 Å². The number of aldehydes is 1. The van der Waals surface area contributed by atoms with Crippen molar-refractivity contribution in [1.82, 2.24) is 0 Å². The first-order valence-electron chi connectivity index (χ1n) is 7.34. The summed E-state index contributed by atoms with van der Waals surface area (Å²) < 4.78 is 5.28. The minimum absolute atomic E-state index is 0.0114. The molecule has 8 heteroatoms. The number of ether oxygens (including phenoxy) is 1. The van der Waals surface area contributed by atoms with Crippen LogP contribution < -0.4 is 15.0 Å². The quantitative estimate of drug-likeness (QED) is 0.471. The molecule has 0 aromatic heterocycles. The number of carbonyl (C=O) groups is 2. The highest BCUT2D eigenvalue weighted by Gasteiger charge is 2.12. The summed E-state index contributed by atoms with van der Waals surface area (Å²) >= 11 is 0. The maximum absolute atomic E-state index is 11.9. The predicted molar refractivity (Wildman–Crippen MR) is 93.4 cm³/mol. The summed E-state index contributed by atoms with van der Waals surface area (Å²) in [7, 11) is 3.83. The average molecular weight is 343 g/mol. The molecule has 2 rings (SSSR count). The van der Waals surface area contributed by atoms with E-state index in [9.17, 15) is 19.7 Å². The van der Waals surface area contributed by atoms with Crippen molar-refractivity contribution >= 4 is 29.3 Å². The molecule has 0 saturated carbocycles. The van der Waals surface area contributed by atoms with E-state index in [1.807, 2.05) is 31.1 Å².